The fourth-order valence-corrected chi connectivity index (χ4v) is 2.07. The number of halogens is 4. The molecule has 0 bridgehead atoms. The second-order valence-corrected chi connectivity index (χ2v) is 4.60. The molecule has 2 heterocycles. The third kappa shape index (κ3) is 3.76. The van der Waals surface area contributed by atoms with Crippen molar-refractivity contribution in [2.45, 2.75) is 24.9 Å². The lowest BCUT2D eigenvalue weighted by molar-refractivity contribution is 0.113. The molecule has 1 fully saturated rings. The number of piperidine rings is 1. The van der Waals surface area contributed by atoms with Crippen LogP contribution in [-0.2, 0) is 6.42 Å². The number of nitrogens with one attached hydrogen (secondary N) is 1. The molecule has 0 aliphatic carbocycles. The number of nitrogens with zero attached hydrogens (tertiary/aromatic N) is 1. The molecule has 0 atom stereocenters. The number of hydrogen-bond donors (Lipinski definition) is 1. The van der Waals surface area contributed by atoms with Gasteiger partial charge in [-0.2, -0.15) is 0 Å². The molecule has 1 N–H and O–H groups in total. The quantitative estimate of drug-likeness (QED) is 0.902. The normalized spacial score (nSPS) is 18.5. The van der Waals surface area contributed by atoms with Gasteiger partial charge in [-0.25, -0.2) is 8.78 Å². The van der Waals surface area contributed by atoms with Crippen molar-refractivity contribution in [3.05, 3.63) is 28.8 Å². The van der Waals surface area contributed by atoms with Gasteiger partial charge in [0.25, 0.3) is 0 Å². The highest BCUT2D eigenvalue weighted by molar-refractivity contribution is 6.30. The Labute approximate surface area is 110 Å². The van der Waals surface area contributed by atoms with Crippen molar-refractivity contribution in [3.63, 3.8) is 0 Å². The first-order valence-electron chi connectivity index (χ1n) is 5.29. The van der Waals surface area contributed by atoms with Gasteiger partial charge in [-0.1, -0.05) is 11.6 Å². The van der Waals surface area contributed by atoms with Gasteiger partial charge in [0.05, 0.1) is 10.7 Å². The molecule has 96 valence electrons. The van der Waals surface area contributed by atoms with Crippen LogP contribution in [0.2, 0.25) is 5.02 Å². The molecule has 1 saturated heterocycles. The van der Waals surface area contributed by atoms with E-state index in [1.165, 1.54) is 12.3 Å². The summed E-state index contributed by atoms with van der Waals surface area (Å²) in [6, 6.07) is 1.17. The molecule has 0 amide bonds. The van der Waals surface area contributed by atoms with Crippen LogP contribution in [0.15, 0.2) is 12.3 Å². The van der Waals surface area contributed by atoms with E-state index in [9.17, 15) is 8.78 Å². The molecule has 1 aromatic heterocycles. The summed E-state index contributed by atoms with van der Waals surface area (Å²) in [5.74, 6) is -0.525. The van der Waals surface area contributed by atoms with Crippen LogP contribution in [0, 0.1) is 5.82 Å². The molecule has 1 aliphatic rings. The zero-order valence-corrected chi connectivity index (χ0v) is 10.8. The van der Waals surface area contributed by atoms with E-state index in [4.69, 9.17) is 11.6 Å². The number of rotatable bonds is 2. The maximum Gasteiger partial charge on any atom is 0.146 e. The Hall–Kier alpha value is -0.450. The van der Waals surface area contributed by atoms with Crippen LogP contribution < -0.4 is 5.32 Å². The average Bonchev–Trinajstić information content (AvgIpc) is 2.23. The van der Waals surface area contributed by atoms with Crippen LogP contribution in [0.1, 0.15) is 18.5 Å². The summed E-state index contributed by atoms with van der Waals surface area (Å²) in [5, 5.41) is 3.31. The van der Waals surface area contributed by atoms with E-state index in [-0.39, 0.29) is 29.5 Å². The molecule has 2 nitrogen and oxygen atoms in total. The molecule has 1 aromatic rings. The Kier molecular flexibility index (Phi) is 5.10. The van der Waals surface area contributed by atoms with Gasteiger partial charge in [0.2, 0.25) is 0 Å². The lowest BCUT2D eigenvalue weighted by Gasteiger charge is -2.29. The fourth-order valence-electron chi connectivity index (χ4n) is 1.92. The van der Waals surface area contributed by atoms with E-state index in [1.807, 2.05) is 0 Å². The number of pyridine rings is 1. The van der Waals surface area contributed by atoms with Crippen molar-refractivity contribution in [2.24, 2.45) is 0 Å². The van der Waals surface area contributed by atoms with E-state index in [1.54, 1.807) is 0 Å². The van der Waals surface area contributed by atoms with Gasteiger partial charge >= 0.3 is 0 Å². The first kappa shape index (κ1) is 14.6. The second kappa shape index (κ2) is 5.94. The van der Waals surface area contributed by atoms with Gasteiger partial charge in [-0.15, -0.1) is 12.4 Å². The fraction of sp³-hybridized carbons (Fsp3) is 0.545. The standard InChI is InChI=1S/C11H13ClF2N2.ClH/c12-8-5-9(13)10(16-7-8)6-11(14)1-3-15-4-2-11;/h5,7,15H,1-4,6H2;1H. The maximum atomic E-state index is 14.3. The molecular formula is C11H14Cl2F2N2. The van der Waals surface area contributed by atoms with E-state index < -0.39 is 11.5 Å². The Morgan fingerprint density at radius 3 is 2.65 bits per heavy atom. The van der Waals surface area contributed by atoms with Crippen molar-refractivity contribution in [1.82, 2.24) is 10.3 Å². The highest BCUT2D eigenvalue weighted by atomic mass is 35.5. The zero-order chi connectivity index (χ0) is 11.6. The maximum absolute atomic E-state index is 14.3. The minimum absolute atomic E-state index is 0. The molecule has 0 aromatic carbocycles. The molecule has 0 saturated carbocycles. The van der Waals surface area contributed by atoms with Crippen LogP contribution in [-0.4, -0.2) is 23.7 Å². The van der Waals surface area contributed by atoms with Crippen LogP contribution in [0.4, 0.5) is 8.78 Å². The van der Waals surface area contributed by atoms with Gasteiger partial charge in [-0.3, -0.25) is 4.98 Å². The third-order valence-electron chi connectivity index (χ3n) is 2.87. The van der Waals surface area contributed by atoms with Gasteiger partial charge in [0.15, 0.2) is 0 Å². The highest BCUT2D eigenvalue weighted by Gasteiger charge is 2.33. The largest absolute Gasteiger partial charge is 0.316 e. The predicted octanol–water partition coefficient (Wildman–Crippen LogP) is 2.93. The molecule has 0 spiro atoms. The van der Waals surface area contributed by atoms with Crippen LogP contribution in [0.25, 0.3) is 0 Å². The van der Waals surface area contributed by atoms with Gasteiger partial charge in [0.1, 0.15) is 11.5 Å². The topological polar surface area (TPSA) is 24.9 Å². The zero-order valence-electron chi connectivity index (χ0n) is 9.18. The minimum Gasteiger partial charge on any atom is -0.316 e. The van der Waals surface area contributed by atoms with Gasteiger partial charge in [0, 0.05) is 12.6 Å². The summed E-state index contributed by atoms with van der Waals surface area (Å²) in [6.07, 6.45) is 2.18. The van der Waals surface area contributed by atoms with Crippen molar-refractivity contribution in [1.29, 1.82) is 0 Å². The minimum atomic E-state index is -1.34. The Balaban J connectivity index is 0.00000144. The number of hydrogen-bond acceptors (Lipinski definition) is 2. The van der Waals surface area contributed by atoms with E-state index in [0.29, 0.717) is 25.9 Å². The van der Waals surface area contributed by atoms with Crippen LogP contribution >= 0.6 is 24.0 Å². The molecule has 1 aliphatic heterocycles. The van der Waals surface area contributed by atoms with Crippen molar-refractivity contribution in [3.8, 4) is 0 Å². The first-order valence-corrected chi connectivity index (χ1v) is 5.66. The summed E-state index contributed by atoms with van der Waals surface area (Å²) in [5.41, 5.74) is -1.18. The third-order valence-corrected chi connectivity index (χ3v) is 3.07. The van der Waals surface area contributed by atoms with E-state index in [0.717, 1.165) is 0 Å². The first-order chi connectivity index (χ1) is 7.59. The predicted molar refractivity (Wildman–Crippen MR) is 66.1 cm³/mol. The Bertz CT molecular complexity index is 382. The lowest BCUT2D eigenvalue weighted by Crippen LogP contribution is -2.40. The van der Waals surface area contributed by atoms with Crippen LogP contribution in [0.5, 0.6) is 0 Å². The van der Waals surface area contributed by atoms with Crippen molar-refractivity contribution in [2.75, 3.05) is 13.1 Å². The molecule has 2 rings (SSSR count). The number of alkyl halides is 1. The SMILES string of the molecule is Cl.Fc1cc(Cl)cnc1CC1(F)CCNCC1. The summed E-state index contributed by atoms with van der Waals surface area (Å²) < 4.78 is 27.7. The van der Waals surface area contributed by atoms with Crippen LogP contribution in [0.3, 0.4) is 0 Å². The molecule has 0 radical (unpaired) electrons. The summed E-state index contributed by atoms with van der Waals surface area (Å²) in [6.45, 7) is 1.26. The molecule has 6 heteroatoms. The Morgan fingerprint density at radius 2 is 2.06 bits per heavy atom. The van der Waals surface area contributed by atoms with E-state index >= 15 is 0 Å². The van der Waals surface area contributed by atoms with Gasteiger partial charge in [-0.05, 0) is 32.0 Å². The highest BCUT2D eigenvalue weighted by Crippen LogP contribution is 2.28. The monoisotopic (exact) mass is 282 g/mol. The van der Waals surface area contributed by atoms with Gasteiger partial charge < -0.3 is 5.32 Å². The smallest absolute Gasteiger partial charge is 0.146 e. The Morgan fingerprint density at radius 1 is 1.41 bits per heavy atom. The van der Waals surface area contributed by atoms with Crippen molar-refractivity contribution >= 4 is 24.0 Å². The summed E-state index contributed by atoms with van der Waals surface area (Å²) >= 11 is 5.59. The second-order valence-electron chi connectivity index (χ2n) is 4.16. The van der Waals surface area contributed by atoms with E-state index in [2.05, 4.69) is 10.3 Å². The molecular weight excluding hydrogens is 269 g/mol. The summed E-state index contributed by atoms with van der Waals surface area (Å²) in [7, 11) is 0. The van der Waals surface area contributed by atoms with Crippen molar-refractivity contribution < 1.29 is 8.78 Å². The average molecular weight is 283 g/mol. The number of aromatic nitrogens is 1. The summed E-state index contributed by atoms with van der Waals surface area (Å²) in [4.78, 5) is 3.85. The molecule has 0 unspecified atom stereocenters. The lowest BCUT2D eigenvalue weighted by atomic mass is 9.89. The molecule has 17 heavy (non-hydrogen) atoms.